The Kier molecular flexibility index (Phi) is 4.76. The molecule has 0 saturated heterocycles. The van der Waals surface area contributed by atoms with Crippen molar-refractivity contribution in [1.82, 2.24) is 9.97 Å². The van der Waals surface area contributed by atoms with E-state index in [-0.39, 0.29) is 5.75 Å². The fourth-order valence-corrected chi connectivity index (χ4v) is 1.83. The van der Waals surface area contributed by atoms with Gasteiger partial charge in [0.25, 0.3) is 0 Å². The van der Waals surface area contributed by atoms with Gasteiger partial charge in [-0.25, -0.2) is 14.4 Å². The minimum Gasteiger partial charge on any atom is -0.494 e. The number of benzene rings is 1. The Bertz CT molecular complexity index is 622. The molecule has 0 unspecified atom stereocenters. The van der Waals surface area contributed by atoms with E-state index < -0.39 is 5.82 Å². The molecule has 0 radical (unpaired) electrons. The van der Waals surface area contributed by atoms with Crippen molar-refractivity contribution in [1.29, 1.82) is 0 Å². The van der Waals surface area contributed by atoms with E-state index in [1.807, 2.05) is 6.92 Å². The molecular weight excluding hydrogens is 275 g/mol. The summed E-state index contributed by atoms with van der Waals surface area (Å²) >= 11 is 0. The Labute approximate surface area is 122 Å². The van der Waals surface area contributed by atoms with Gasteiger partial charge < -0.3 is 20.1 Å². The Balaban J connectivity index is 2.30. The molecule has 2 aromatic rings. The summed E-state index contributed by atoms with van der Waals surface area (Å²) in [6, 6.07) is 4.56. The van der Waals surface area contributed by atoms with Crippen molar-refractivity contribution < 1.29 is 13.9 Å². The van der Waals surface area contributed by atoms with E-state index in [1.165, 1.54) is 32.7 Å². The van der Waals surface area contributed by atoms with Crippen LogP contribution < -0.4 is 20.1 Å². The summed E-state index contributed by atoms with van der Waals surface area (Å²) in [5, 5.41) is 6.08. The lowest BCUT2D eigenvalue weighted by molar-refractivity contribution is 0.386. The Morgan fingerprint density at radius 2 is 1.90 bits per heavy atom. The van der Waals surface area contributed by atoms with E-state index in [2.05, 4.69) is 20.6 Å². The third-order valence-electron chi connectivity index (χ3n) is 2.77. The van der Waals surface area contributed by atoms with E-state index in [1.54, 1.807) is 6.07 Å². The monoisotopic (exact) mass is 292 g/mol. The number of hydrogen-bond acceptors (Lipinski definition) is 6. The average molecular weight is 292 g/mol. The quantitative estimate of drug-likeness (QED) is 0.853. The van der Waals surface area contributed by atoms with Crippen LogP contribution in [0.5, 0.6) is 11.5 Å². The van der Waals surface area contributed by atoms with E-state index in [0.717, 1.165) is 0 Å². The molecule has 1 aromatic carbocycles. The smallest absolute Gasteiger partial charge is 0.204 e. The SMILES string of the molecule is CCNc1ncnc(Nc2ccc(OC)c(F)c2)c1OC. The molecule has 0 amide bonds. The summed E-state index contributed by atoms with van der Waals surface area (Å²) in [4.78, 5) is 8.22. The first-order valence-corrected chi connectivity index (χ1v) is 6.43. The van der Waals surface area contributed by atoms with Gasteiger partial charge in [0.05, 0.1) is 14.2 Å². The number of methoxy groups -OCH3 is 2. The number of rotatable bonds is 6. The van der Waals surface area contributed by atoms with Gasteiger partial charge in [0, 0.05) is 18.3 Å². The summed E-state index contributed by atoms with van der Waals surface area (Å²) in [5.41, 5.74) is 0.535. The molecule has 0 aliphatic carbocycles. The van der Waals surface area contributed by atoms with Crippen molar-refractivity contribution in [2.75, 3.05) is 31.4 Å². The molecule has 0 atom stereocenters. The first-order chi connectivity index (χ1) is 10.2. The maximum atomic E-state index is 13.7. The van der Waals surface area contributed by atoms with Crippen LogP contribution in [0.4, 0.5) is 21.7 Å². The van der Waals surface area contributed by atoms with Gasteiger partial charge in [-0.05, 0) is 19.1 Å². The lowest BCUT2D eigenvalue weighted by Crippen LogP contribution is -2.06. The summed E-state index contributed by atoms with van der Waals surface area (Å²) in [6.45, 7) is 2.65. The van der Waals surface area contributed by atoms with Gasteiger partial charge >= 0.3 is 0 Å². The summed E-state index contributed by atoms with van der Waals surface area (Å²) in [5.74, 6) is 1.22. The molecular formula is C14H17FN4O2. The second-order valence-electron chi connectivity index (χ2n) is 4.11. The van der Waals surface area contributed by atoms with Crippen molar-refractivity contribution in [3.8, 4) is 11.5 Å². The van der Waals surface area contributed by atoms with Gasteiger partial charge in [0.2, 0.25) is 5.75 Å². The van der Waals surface area contributed by atoms with Crippen molar-refractivity contribution in [2.45, 2.75) is 6.92 Å². The predicted octanol–water partition coefficient (Wildman–Crippen LogP) is 2.81. The third kappa shape index (κ3) is 3.31. The molecule has 0 saturated carbocycles. The molecule has 0 fully saturated rings. The van der Waals surface area contributed by atoms with Crippen LogP contribution in [-0.4, -0.2) is 30.7 Å². The second-order valence-corrected chi connectivity index (χ2v) is 4.11. The van der Waals surface area contributed by atoms with Crippen LogP contribution >= 0.6 is 0 Å². The zero-order valence-electron chi connectivity index (χ0n) is 12.1. The first-order valence-electron chi connectivity index (χ1n) is 6.43. The molecule has 6 nitrogen and oxygen atoms in total. The number of nitrogens with zero attached hydrogens (tertiary/aromatic N) is 2. The minimum absolute atomic E-state index is 0.184. The van der Waals surface area contributed by atoms with Crippen LogP contribution in [0.1, 0.15) is 6.92 Å². The number of aromatic nitrogens is 2. The predicted molar refractivity (Wildman–Crippen MR) is 79.0 cm³/mol. The highest BCUT2D eigenvalue weighted by atomic mass is 19.1. The molecule has 112 valence electrons. The lowest BCUT2D eigenvalue weighted by atomic mass is 10.3. The van der Waals surface area contributed by atoms with Crippen molar-refractivity contribution >= 4 is 17.3 Å². The van der Waals surface area contributed by atoms with Crippen LogP contribution in [0.25, 0.3) is 0 Å². The molecule has 1 heterocycles. The van der Waals surface area contributed by atoms with Crippen molar-refractivity contribution in [2.24, 2.45) is 0 Å². The second kappa shape index (κ2) is 6.74. The fraction of sp³-hybridized carbons (Fsp3) is 0.286. The van der Waals surface area contributed by atoms with Crippen molar-refractivity contribution in [3.05, 3.63) is 30.3 Å². The van der Waals surface area contributed by atoms with Gasteiger partial charge in [0.1, 0.15) is 6.33 Å². The van der Waals surface area contributed by atoms with E-state index in [4.69, 9.17) is 9.47 Å². The summed E-state index contributed by atoms with van der Waals surface area (Å²) in [7, 11) is 2.95. The lowest BCUT2D eigenvalue weighted by Gasteiger charge is -2.14. The van der Waals surface area contributed by atoms with Crippen LogP contribution in [0.15, 0.2) is 24.5 Å². The van der Waals surface area contributed by atoms with Crippen LogP contribution in [-0.2, 0) is 0 Å². The van der Waals surface area contributed by atoms with Crippen LogP contribution in [0.2, 0.25) is 0 Å². The number of ether oxygens (including phenoxy) is 2. The topological polar surface area (TPSA) is 68.3 Å². The molecule has 0 aliphatic rings. The molecule has 7 heteroatoms. The Morgan fingerprint density at radius 3 is 2.52 bits per heavy atom. The zero-order valence-corrected chi connectivity index (χ0v) is 12.1. The number of hydrogen-bond donors (Lipinski definition) is 2. The van der Waals surface area contributed by atoms with Gasteiger partial charge in [-0.2, -0.15) is 0 Å². The minimum atomic E-state index is -0.456. The Hall–Kier alpha value is -2.57. The van der Waals surface area contributed by atoms with E-state index in [9.17, 15) is 4.39 Å². The first kappa shape index (κ1) is 14.8. The van der Waals surface area contributed by atoms with E-state index >= 15 is 0 Å². The largest absolute Gasteiger partial charge is 0.494 e. The highest BCUT2D eigenvalue weighted by molar-refractivity contribution is 5.69. The molecule has 21 heavy (non-hydrogen) atoms. The van der Waals surface area contributed by atoms with E-state index in [0.29, 0.717) is 29.6 Å². The summed E-state index contributed by atoms with van der Waals surface area (Å²) in [6.07, 6.45) is 1.41. The summed E-state index contributed by atoms with van der Waals surface area (Å²) < 4.78 is 23.9. The number of anilines is 3. The van der Waals surface area contributed by atoms with Gasteiger partial charge in [-0.1, -0.05) is 0 Å². The molecule has 2 N–H and O–H groups in total. The molecule has 0 aliphatic heterocycles. The zero-order chi connectivity index (χ0) is 15.2. The highest BCUT2D eigenvalue weighted by Gasteiger charge is 2.12. The fourth-order valence-electron chi connectivity index (χ4n) is 1.83. The van der Waals surface area contributed by atoms with Gasteiger partial charge in [-0.3, -0.25) is 0 Å². The third-order valence-corrected chi connectivity index (χ3v) is 2.77. The molecule has 0 bridgehead atoms. The average Bonchev–Trinajstić information content (AvgIpc) is 2.48. The number of halogens is 1. The van der Waals surface area contributed by atoms with Crippen LogP contribution in [0.3, 0.4) is 0 Å². The highest BCUT2D eigenvalue weighted by Crippen LogP contribution is 2.32. The van der Waals surface area contributed by atoms with Gasteiger partial charge in [0.15, 0.2) is 23.2 Å². The maximum Gasteiger partial charge on any atom is 0.204 e. The van der Waals surface area contributed by atoms with Crippen LogP contribution in [0, 0.1) is 5.82 Å². The maximum absolute atomic E-state index is 13.7. The normalized spacial score (nSPS) is 10.1. The Morgan fingerprint density at radius 1 is 1.14 bits per heavy atom. The standard InChI is InChI=1S/C14H17FN4O2/c1-4-16-13-12(21-3)14(18-8-17-13)19-9-5-6-11(20-2)10(15)7-9/h5-8H,4H2,1-3H3,(H2,16,17,18,19). The molecule has 1 aromatic heterocycles. The van der Waals surface area contributed by atoms with Crippen molar-refractivity contribution in [3.63, 3.8) is 0 Å². The van der Waals surface area contributed by atoms with Gasteiger partial charge in [-0.15, -0.1) is 0 Å². The number of nitrogens with one attached hydrogen (secondary N) is 2. The molecule has 0 spiro atoms. The molecule has 2 rings (SSSR count).